The predicted molar refractivity (Wildman–Crippen MR) is 97.8 cm³/mol. The third-order valence-electron chi connectivity index (χ3n) is 4.20. The number of hydrogen-bond donors (Lipinski definition) is 0. The molecule has 5 rings (SSSR count). The third kappa shape index (κ3) is 2.71. The first-order chi connectivity index (χ1) is 11.9. The van der Waals surface area contributed by atoms with Crippen LogP contribution in [0.3, 0.4) is 0 Å². The van der Waals surface area contributed by atoms with Gasteiger partial charge in [-0.3, -0.25) is 0 Å². The second-order valence-electron chi connectivity index (χ2n) is 5.62. The van der Waals surface area contributed by atoms with Crippen molar-refractivity contribution in [3.8, 4) is 11.1 Å². The van der Waals surface area contributed by atoms with E-state index in [2.05, 4.69) is 53.4 Å². The Kier molecular flexibility index (Phi) is 4.43. The summed E-state index contributed by atoms with van der Waals surface area (Å²) < 4.78 is 5.94. The van der Waals surface area contributed by atoms with Gasteiger partial charge in [0, 0.05) is 25.0 Å². The summed E-state index contributed by atoms with van der Waals surface area (Å²) in [7, 11) is 0. The molecule has 0 saturated carbocycles. The number of anilines is 1. The van der Waals surface area contributed by atoms with Gasteiger partial charge in [0.2, 0.25) is 0 Å². The maximum Gasteiger partial charge on any atom is 0.149 e. The van der Waals surface area contributed by atoms with E-state index in [-0.39, 0.29) is 20.1 Å². The SMILES string of the molecule is [Ir].[c-]1cccc2c1N1[CH-]OC(Sc3ccccc3)=C1c1ccccc1-2. The Bertz CT molecular complexity index is 955. The summed E-state index contributed by atoms with van der Waals surface area (Å²) in [5, 5.41) is 0.900. The Morgan fingerprint density at radius 3 is 2.40 bits per heavy atom. The maximum absolute atomic E-state index is 5.94. The first-order valence-corrected chi connectivity index (χ1v) is 8.60. The van der Waals surface area contributed by atoms with Crippen molar-refractivity contribution < 1.29 is 24.8 Å². The monoisotopic (exact) mass is 520 g/mol. The summed E-state index contributed by atoms with van der Waals surface area (Å²) >= 11 is 1.65. The molecule has 0 amide bonds. The van der Waals surface area contributed by atoms with E-state index in [0.717, 1.165) is 21.4 Å². The number of thioether (sulfide) groups is 1. The van der Waals surface area contributed by atoms with Gasteiger partial charge in [0.15, 0.2) is 0 Å². The van der Waals surface area contributed by atoms with Gasteiger partial charge in [-0.25, -0.2) is 0 Å². The zero-order valence-corrected chi connectivity index (χ0v) is 16.3. The normalized spacial score (nSPS) is 14.2. The van der Waals surface area contributed by atoms with Gasteiger partial charge in [-0.1, -0.05) is 72.2 Å². The van der Waals surface area contributed by atoms with Crippen molar-refractivity contribution >= 4 is 23.1 Å². The maximum atomic E-state index is 5.94. The molecule has 0 unspecified atom stereocenters. The van der Waals surface area contributed by atoms with Crippen LogP contribution in [0.25, 0.3) is 16.8 Å². The molecule has 0 bridgehead atoms. The van der Waals surface area contributed by atoms with Gasteiger partial charge in [0.25, 0.3) is 0 Å². The van der Waals surface area contributed by atoms with Crippen molar-refractivity contribution in [2.24, 2.45) is 0 Å². The van der Waals surface area contributed by atoms with Crippen LogP contribution in [-0.4, -0.2) is 0 Å². The number of ether oxygens (including phenoxy) is 1. The molecule has 2 nitrogen and oxygen atoms in total. The van der Waals surface area contributed by atoms with Crippen molar-refractivity contribution in [3.63, 3.8) is 0 Å². The van der Waals surface area contributed by atoms with Gasteiger partial charge < -0.3 is 9.64 Å². The minimum absolute atomic E-state index is 0. The molecule has 2 heterocycles. The van der Waals surface area contributed by atoms with Gasteiger partial charge in [-0.2, -0.15) is 24.3 Å². The Morgan fingerprint density at radius 2 is 1.56 bits per heavy atom. The zero-order chi connectivity index (χ0) is 15.9. The van der Waals surface area contributed by atoms with Crippen molar-refractivity contribution in [1.29, 1.82) is 0 Å². The van der Waals surface area contributed by atoms with Crippen molar-refractivity contribution in [2.75, 3.05) is 4.90 Å². The molecule has 3 aromatic carbocycles. The van der Waals surface area contributed by atoms with E-state index in [4.69, 9.17) is 4.74 Å². The van der Waals surface area contributed by atoms with Crippen LogP contribution in [0.15, 0.2) is 82.8 Å². The summed E-state index contributed by atoms with van der Waals surface area (Å²) in [4.78, 5) is 3.26. The van der Waals surface area contributed by atoms with E-state index in [1.807, 2.05) is 30.3 Å². The molecule has 4 heteroatoms. The quantitative estimate of drug-likeness (QED) is 0.413. The summed E-state index contributed by atoms with van der Waals surface area (Å²) in [5.41, 5.74) is 5.73. The molecule has 0 N–H and O–H groups in total. The topological polar surface area (TPSA) is 12.5 Å². The molecular formula is C21H13IrNOS-2. The fourth-order valence-electron chi connectivity index (χ4n) is 3.15. The third-order valence-corrected chi connectivity index (χ3v) is 5.18. The van der Waals surface area contributed by atoms with Crippen LogP contribution in [0.1, 0.15) is 5.56 Å². The van der Waals surface area contributed by atoms with Crippen LogP contribution in [0.5, 0.6) is 0 Å². The molecule has 2 aliphatic heterocycles. The number of rotatable bonds is 2. The number of nitrogens with zero attached hydrogens (tertiary/aromatic N) is 1. The average Bonchev–Trinajstić information content (AvgIpc) is 3.07. The fraction of sp³-hybridized carbons (Fsp3) is 0. The molecule has 0 spiro atoms. The number of fused-ring (bicyclic) bond motifs is 6. The van der Waals surface area contributed by atoms with Gasteiger partial charge >= 0.3 is 0 Å². The van der Waals surface area contributed by atoms with E-state index in [0.29, 0.717) is 0 Å². The summed E-state index contributed by atoms with van der Waals surface area (Å²) in [5.74, 6) is 0. The molecule has 0 fully saturated rings. The van der Waals surface area contributed by atoms with Gasteiger partial charge in [-0.05, 0) is 17.7 Å². The summed E-state index contributed by atoms with van der Waals surface area (Å²) in [6.45, 7) is 1.78. The second kappa shape index (κ2) is 6.72. The first-order valence-electron chi connectivity index (χ1n) is 7.79. The van der Waals surface area contributed by atoms with Crippen LogP contribution in [0.4, 0.5) is 5.69 Å². The minimum Gasteiger partial charge on any atom is -0.635 e. The van der Waals surface area contributed by atoms with Crippen molar-refractivity contribution in [2.45, 2.75) is 4.90 Å². The molecule has 1 radical (unpaired) electrons. The summed E-state index contributed by atoms with van der Waals surface area (Å²) in [6, 6.07) is 28.2. The first kappa shape index (κ1) is 16.5. The van der Waals surface area contributed by atoms with Crippen LogP contribution in [-0.2, 0) is 24.8 Å². The number of para-hydroxylation sites is 1. The van der Waals surface area contributed by atoms with Gasteiger partial charge in [-0.15, -0.1) is 5.56 Å². The molecule has 0 aromatic heterocycles. The molecule has 0 saturated heterocycles. The largest absolute Gasteiger partial charge is 0.635 e. The van der Waals surface area contributed by atoms with E-state index in [9.17, 15) is 0 Å². The number of hydrogen-bond acceptors (Lipinski definition) is 3. The van der Waals surface area contributed by atoms with Crippen LogP contribution in [0, 0.1) is 12.8 Å². The standard InChI is InChI=1S/C21H13NOS.Ir/c1-2-8-15(9-3-1)24-21-20-18-12-5-4-10-16(18)17-11-6-7-13-19(17)22(20)14-23-21;/h1-12,14H;/q-2;. The van der Waals surface area contributed by atoms with E-state index >= 15 is 0 Å². The van der Waals surface area contributed by atoms with Crippen LogP contribution < -0.4 is 4.90 Å². The Labute approximate surface area is 164 Å². The molecule has 3 aromatic rings. The van der Waals surface area contributed by atoms with Gasteiger partial charge in [0.1, 0.15) is 5.09 Å². The minimum atomic E-state index is 0. The fourth-order valence-corrected chi connectivity index (χ4v) is 4.05. The van der Waals surface area contributed by atoms with E-state index in [1.54, 1.807) is 18.5 Å². The second-order valence-corrected chi connectivity index (χ2v) is 6.67. The molecule has 2 aliphatic rings. The Morgan fingerprint density at radius 1 is 0.840 bits per heavy atom. The predicted octanol–water partition coefficient (Wildman–Crippen LogP) is 5.54. The van der Waals surface area contributed by atoms with Crippen LogP contribution in [0.2, 0.25) is 0 Å². The van der Waals surface area contributed by atoms with Crippen molar-refractivity contribution in [1.82, 2.24) is 0 Å². The molecule has 125 valence electrons. The summed E-state index contributed by atoms with van der Waals surface area (Å²) in [6.07, 6.45) is 0. The number of benzene rings is 3. The van der Waals surface area contributed by atoms with E-state index in [1.165, 1.54) is 16.7 Å². The van der Waals surface area contributed by atoms with E-state index < -0.39 is 0 Å². The molecule has 0 atom stereocenters. The van der Waals surface area contributed by atoms with Crippen molar-refractivity contribution in [3.05, 3.63) is 96.2 Å². The zero-order valence-electron chi connectivity index (χ0n) is 13.1. The Balaban J connectivity index is 0.00000157. The molecular weight excluding hydrogens is 507 g/mol. The van der Waals surface area contributed by atoms with Gasteiger partial charge in [0.05, 0.1) is 5.70 Å². The Hall–Kier alpha value is -2.00. The van der Waals surface area contributed by atoms with Crippen LogP contribution >= 0.6 is 11.8 Å². The molecule has 0 aliphatic carbocycles. The smallest absolute Gasteiger partial charge is 0.149 e. The molecule has 25 heavy (non-hydrogen) atoms. The average molecular weight is 520 g/mol.